The highest BCUT2D eigenvalue weighted by Gasteiger charge is 2.10. The summed E-state index contributed by atoms with van der Waals surface area (Å²) in [6.07, 6.45) is 6.05. The number of halogens is 1. The molecule has 0 aromatic rings. The molecule has 1 fully saturated rings. The van der Waals surface area contributed by atoms with Crippen LogP contribution in [-0.4, -0.2) is 5.33 Å². The monoisotopic (exact) mass is 177 g/mol. The maximum absolute atomic E-state index is 7.82. The first-order valence-corrected chi connectivity index (χ1v) is 4.45. The third kappa shape index (κ3) is 1.77. The summed E-state index contributed by atoms with van der Waals surface area (Å²) in [6, 6.07) is 0. The van der Waals surface area contributed by atoms with Crippen molar-refractivity contribution in [2.24, 2.45) is 5.89 Å². The number of hydrogen-bond acceptors (Lipinski definition) is 0. The predicted octanol–water partition coefficient (Wildman–Crippen LogP) is 2.96. The van der Waals surface area contributed by atoms with Crippen molar-refractivity contribution in [3.63, 3.8) is 0 Å². The van der Waals surface area contributed by atoms with Crippen molar-refractivity contribution in [1.82, 2.24) is 0 Å². The van der Waals surface area contributed by atoms with Gasteiger partial charge in [-0.1, -0.05) is 35.2 Å². The second-order valence-corrected chi connectivity index (χ2v) is 3.01. The van der Waals surface area contributed by atoms with E-state index in [0.29, 0.717) is 0 Å². The maximum Gasteiger partial charge on any atom is 0.0311 e. The molecule has 0 bridgehead atoms. The fourth-order valence-corrected chi connectivity index (χ4v) is 1.75. The van der Waals surface area contributed by atoms with Crippen molar-refractivity contribution in [3.8, 4) is 0 Å². The minimum absolute atomic E-state index is 0.113. The zero-order chi connectivity index (χ0) is 6.74. The van der Waals surface area contributed by atoms with Crippen LogP contribution in [0.15, 0.2) is 0 Å². The Morgan fingerprint density at radius 2 is 2.00 bits per heavy atom. The Balaban J connectivity index is 2.37. The summed E-state index contributed by atoms with van der Waals surface area (Å²) in [5.41, 5.74) is 0. The molecule has 0 saturated heterocycles. The summed E-state index contributed by atoms with van der Waals surface area (Å²) in [7, 11) is 0. The molecule has 1 heteroatoms. The van der Waals surface area contributed by atoms with Crippen LogP contribution in [0.5, 0.6) is 0 Å². The van der Waals surface area contributed by atoms with Crippen molar-refractivity contribution < 1.29 is 1.37 Å². The van der Waals surface area contributed by atoms with Gasteiger partial charge in [0.25, 0.3) is 0 Å². The summed E-state index contributed by atoms with van der Waals surface area (Å²) in [4.78, 5) is 0. The first-order chi connectivity index (χ1) is 4.27. The molecule has 1 saturated carbocycles. The molecule has 0 N–H and O–H groups in total. The third-order valence-electron chi connectivity index (χ3n) is 1.75. The summed E-state index contributed by atoms with van der Waals surface area (Å²) >= 11 is 3.38. The highest BCUT2D eigenvalue weighted by atomic mass is 79.9. The zero-order valence-corrected chi connectivity index (χ0v) is 6.71. The molecule has 0 aliphatic heterocycles. The summed E-state index contributed by atoms with van der Waals surface area (Å²) < 4.78 is 7.82. The van der Waals surface area contributed by atoms with Gasteiger partial charge in [-0.3, -0.25) is 0 Å². The molecule has 1 rings (SSSR count). The van der Waals surface area contributed by atoms with Crippen LogP contribution >= 0.6 is 15.9 Å². The molecule has 1 aliphatic carbocycles. The zero-order valence-electron chi connectivity index (χ0n) is 6.12. The van der Waals surface area contributed by atoms with E-state index < -0.39 is 0 Å². The minimum atomic E-state index is -0.113. The average Bonchev–Trinajstić information content (AvgIpc) is 1.90. The van der Waals surface area contributed by atoms with E-state index in [1.807, 2.05) is 0 Å². The summed E-state index contributed by atoms with van der Waals surface area (Å²) in [5, 5.41) is 0.861. The maximum atomic E-state index is 7.82. The van der Waals surface area contributed by atoms with Gasteiger partial charge < -0.3 is 0 Å². The van der Waals surface area contributed by atoms with E-state index in [-0.39, 0.29) is 5.89 Å². The van der Waals surface area contributed by atoms with Crippen LogP contribution in [0.3, 0.4) is 0 Å². The van der Waals surface area contributed by atoms with Crippen molar-refractivity contribution in [1.29, 1.82) is 0 Å². The van der Waals surface area contributed by atoms with Gasteiger partial charge in [0.1, 0.15) is 0 Å². The van der Waals surface area contributed by atoms with Gasteiger partial charge in [-0.25, -0.2) is 0 Å². The third-order valence-corrected chi connectivity index (χ3v) is 2.54. The van der Waals surface area contributed by atoms with Crippen LogP contribution in [0.1, 0.15) is 33.5 Å². The van der Waals surface area contributed by atoms with E-state index in [2.05, 4.69) is 15.9 Å². The molecular formula is C7H13Br. The van der Waals surface area contributed by atoms with Crippen LogP contribution in [0.2, 0.25) is 0 Å². The molecule has 0 unspecified atom stereocenters. The van der Waals surface area contributed by atoms with Crippen molar-refractivity contribution >= 4 is 15.9 Å². The Hall–Kier alpha value is 0.480. The van der Waals surface area contributed by atoms with E-state index in [4.69, 9.17) is 1.37 Å². The molecular weight excluding hydrogens is 164 g/mol. The van der Waals surface area contributed by atoms with Gasteiger partial charge in [-0.15, -0.1) is 0 Å². The molecule has 0 amide bonds. The van der Waals surface area contributed by atoms with Crippen LogP contribution in [0.25, 0.3) is 0 Å². The smallest absolute Gasteiger partial charge is 0.0311 e. The first kappa shape index (κ1) is 5.28. The second-order valence-electron chi connectivity index (χ2n) is 2.44. The van der Waals surface area contributed by atoms with Crippen LogP contribution in [-0.2, 0) is 0 Å². The van der Waals surface area contributed by atoms with Crippen LogP contribution in [0, 0.1) is 5.89 Å². The normalized spacial score (nSPS) is 29.4. The van der Waals surface area contributed by atoms with Gasteiger partial charge in [0.15, 0.2) is 0 Å². The highest BCUT2D eigenvalue weighted by Crippen LogP contribution is 2.24. The number of rotatable bonds is 1. The van der Waals surface area contributed by atoms with Crippen LogP contribution < -0.4 is 0 Å². The van der Waals surface area contributed by atoms with E-state index in [1.54, 1.807) is 0 Å². The molecule has 0 aromatic heterocycles. The lowest BCUT2D eigenvalue weighted by Gasteiger charge is -2.18. The van der Waals surface area contributed by atoms with E-state index in [9.17, 15) is 0 Å². The predicted molar refractivity (Wildman–Crippen MR) is 40.4 cm³/mol. The van der Waals surface area contributed by atoms with Crippen molar-refractivity contribution in [3.05, 3.63) is 0 Å². The Labute approximate surface area is 61.2 Å². The Morgan fingerprint density at radius 1 is 1.38 bits per heavy atom. The molecule has 0 nitrogen and oxygen atoms in total. The van der Waals surface area contributed by atoms with Gasteiger partial charge in [0.05, 0.1) is 0 Å². The molecule has 0 atom stereocenters. The van der Waals surface area contributed by atoms with Gasteiger partial charge in [0, 0.05) is 6.70 Å². The molecule has 0 radical (unpaired) electrons. The van der Waals surface area contributed by atoms with Crippen LogP contribution in [0.4, 0.5) is 0 Å². The summed E-state index contributed by atoms with van der Waals surface area (Å²) in [5.74, 6) is -0.113. The Kier molecular flexibility index (Phi) is 2.31. The summed E-state index contributed by atoms with van der Waals surface area (Å²) in [6.45, 7) is 0. The highest BCUT2D eigenvalue weighted by molar-refractivity contribution is 9.09. The largest absolute Gasteiger partial charge is 0.0925 e. The fourth-order valence-electron chi connectivity index (χ4n) is 1.19. The molecule has 0 heterocycles. The molecule has 0 spiro atoms. The quantitative estimate of drug-likeness (QED) is 0.541. The number of hydrogen-bond donors (Lipinski definition) is 0. The van der Waals surface area contributed by atoms with E-state index in [0.717, 1.165) is 18.2 Å². The lowest BCUT2D eigenvalue weighted by Crippen LogP contribution is -2.06. The first-order valence-electron chi connectivity index (χ1n) is 3.83. The van der Waals surface area contributed by atoms with Crippen molar-refractivity contribution in [2.45, 2.75) is 32.1 Å². The second kappa shape index (κ2) is 3.49. The topological polar surface area (TPSA) is 0 Å². The van der Waals surface area contributed by atoms with E-state index >= 15 is 0 Å². The molecule has 1 aliphatic rings. The molecule has 8 heavy (non-hydrogen) atoms. The lowest BCUT2D eigenvalue weighted by molar-refractivity contribution is 0.392. The minimum Gasteiger partial charge on any atom is -0.0925 e. The van der Waals surface area contributed by atoms with Gasteiger partial charge in [-0.05, 0) is 18.7 Å². The Bertz CT molecular complexity index is 86.9. The standard InChI is InChI=1S/C7H13Br/c8-6-7-4-2-1-3-5-7/h7H,1-6H2/i7D. The van der Waals surface area contributed by atoms with Gasteiger partial charge >= 0.3 is 0 Å². The SMILES string of the molecule is [2H]C1(CBr)CCCCC1. The fraction of sp³-hybridized carbons (Fsp3) is 1.00. The van der Waals surface area contributed by atoms with E-state index in [1.165, 1.54) is 19.3 Å². The Morgan fingerprint density at radius 3 is 2.38 bits per heavy atom. The molecule has 0 aromatic carbocycles. The van der Waals surface area contributed by atoms with Gasteiger partial charge in [0.2, 0.25) is 0 Å². The average molecular weight is 178 g/mol. The van der Waals surface area contributed by atoms with Crippen molar-refractivity contribution in [2.75, 3.05) is 5.33 Å². The van der Waals surface area contributed by atoms with Gasteiger partial charge in [-0.2, -0.15) is 0 Å². The lowest BCUT2D eigenvalue weighted by atomic mass is 9.91. The molecule has 48 valence electrons. The number of alkyl halides is 1.